The van der Waals surface area contributed by atoms with E-state index in [0.29, 0.717) is 5.75 Å². The zero-order valence-electron chi connectivity index (χ0n) is 11.5. The predicted octanol–water partition coefficient (Wildman–Crippen LogP) is 4.56. The second-order valence-corrected chi connectivity index (χ2v) is 4.94. The van der Waals surface area contributed by atoms with E-state index >= 15 is 0 Å². The molecule has 0 aliphatic carbocycles. The van der Waals surface area contributed by atoms with Gasteiger partial charge in [0.2, 0.25) is 0 Å². The van der Waals surface area contributed by atoms with Gasteiger partial charge in [-0.15, -0.1) is 0 Å². The number of aromatic hydroxyl groups is 1. The number of hydrogen-bond acceptors (Lipinski definition) is 2. The molecule has 1 N–H and O–H groups in total. The van der Waals surface area contributed by atoms with Crippen molar-refractivity contribution in [1.82, 2.24) is 4.98 Å². The minimum absolute atomic E-state index is 0.319. The van der Waals surface area contributed by atoms with E-state index in [1.165, 1.54) is 5.56 Å². The van der Waals surface area contributed by atoms with E-state index in [-0.39, 0.29) is 0 Å². The quantitative estimate of drug-likeness (QED) is 0.751. The Morgan fingerprint density at radius 2 is 1.85 bits per heavy atom. The van der Waals surface area contributed by atoms with Gasteiger partial charge < -0.3 is 5.11 Å². The van der Waals surface area contributed by atoms with Crippen LogP contribution in [0, 0.1) is 0 Å². The Morgan fingerprint density at radius 1 is 1.00 bits per heavy atom. The molecule has 20 heavy (non-hydrogen) atoms. The van der Waals surface area contributed by atoms with Gasteiger partial charge in [-0.05, 0) is 29.5 Å². The van der Waals surface area contributed by atoms with Gasteiger partial charge in [-0.25, -0.2) is 0 Å². The summed E-state index contributed by atoms with van der Waals surface area (Å²) in [4.78, 5) is 4.48. The monoisotopic (exact) mass is 263 g/mol. The first-order chi connectivity index (χ1) is 9.81. The lowest BCUT2D eigenvalue weighted by Crippen LogP contribution is -1.93. The van der Waals surface area contributed by atoms with Gasteiger partial charge in [0.25, 0.3) is 0 Å². The molecule has 1 heterocycles. The highest BCUT2D eigenvalue weighted by molar-refractivity contribution is 5.94. The normalized spacial score (nSPS) is 10.8. The van der Waals surface area contributed by atoms with Crippen LogP contribution < -0.4 is 0 Å². The SMILES string of the molecule is CCCc1cccnc1-c1ccc2ccccc2c1O. The molecule has 2 nitrogen and oxygen atoms in total. The molecule has 0 unspecified atom stereocenters. The van der Waals surface area contributed by atoms with Crippen LogP contribution in [0.2, 0.25) is 0 Å². The number of hydrogen-bond donors (Lipinski definition) is 1. The van der Waals surface area contributed by atoms with Gasteiger partial charge in [0, 0.05) is 17.1 Å². The molecule has 2 heteroatoms. The Bertz CT molecular complexity index is 749. The summed E-state index contributed by atoms with van der Waals surface area (Å²) in [6.45, 7) is 2.15. The highest BCUT2D eigenvalue weighted by Gasteiger charge is 2.12. The summed E-state index contributed by atoms with van der Waals surface area (Å²) in [6.07, 6.45) is 3.81. The van der Waals surface area contributed by atoms with Crippen LogP contribution in [0.3, 0.4) is 0 Å². The standard InChI is InChI=1S/C18H17NO/c1-2-6-14-8-5-12-19-17(14)16-11-10-13-7-3-4-9-15(13)18(16)20/h3-5,7-12,20H,2,6H2,1H3. The molecule has 3 aromatic rings. The van der Waals surface area contributed by atoms with Gasteiger partial charge in [0.15, 0.2) is 0 Å². The number of nitrogens with zero attached hydrogens (tertiary/aromatic N) is 1. The van der Waals surface area contributed by atoms with Crippen molar-refractivity contribution in [2.45, 2.75) is 19.8 Å². The molecule has 0 radical (unpaired) electrons. The minimum atomic E-state index is 0.319. The summed E-state index contributed by atoms with van der Waals surface area (Å²) in [6, 6.07) is 15.9. The third-order valence-corrected chi connectivity index (χ3v) is 3.57. The van der Waals surface area contributed by atoms with Crippen molar-refractivity contribution in [3.05, 3.63) is 60.3 Å². The summed E-state index contributed by atoms with van der Waals surface area (Å²) in [5, 5.41) is 12.5. The fraction of sp³-hybridized carbons (Fsp3) is 0.167. The number of rotatable bonds is 3. The molecule has 100 valence electrons. The van der Waals surface area contributed by atoms with E-state index in [1.54, 1.807) is 6.20 Å². The molecule has 0 fully saturated rings. The molecule has 1 aromatic heterocycles. The highest BCUT2D eigenvalue weighted by atomic mass is 16.3. The summed E-state index contributed by atoms with van der Waals surface area (Å²) in [7, 11) is 0. The highest BCUT2D eigenvalue weighted by Crippen LogP contribution is 2.36. The first-order valence-electron chi connectivity index (χ1n) is 6.96. The molecule has 0 amide bonds. The summed E-state index contributed by atoms with van der Waals surface area (Å²) in [5.74, 6) is 0.319. The van der Waals surface area contributed by atoms with Crippen LogP contribution in [0.1, 0.15) is 18.9 Å². The molecule has 0 saturated heterocycles. The third kappa shape index (κ3) is 2.14. The van der Waals surface area contributed by atoms with E-state index < -0.39 is 0 Å². The lowest BCUT2D eigenvalue weighted by atomic mass is 9.98. The molecule has 0 aliphatic heterocycles. The van der Waals surface area contributed by atoms with Gasteiger partial charge in [0.1, 0.15) is 5.75 Å². The van der Waals surface area contributed by atoms with Crippen molar-refractivity contribution in [2.24, 2.45) is 0 Å². The van der Waals surface area contributed by atoms with E-state index in [2.05, 4.69) is 18.0 Å². The second-order valence-electron chi connectivity index (χ2n) is 4.94. The zero-order valence-corrected chi connectivity index (χ0v) is 11.5. The van der Waals surface area contributed by atoms with E-state index in [9.17, 15) is 5.11 Å². The van der Waals surface area contributed by atoms with Gasteiger partial charge in [-0.3, -0.25) is 4.98 Å². The number of phenolic OH excluding ortho intramolecular Hbond substituents is 1. The molecule has 3 rings (SSSR count). The van der Waals surface area contributed by atoms with Crippen LogP contribution >= 0.6 is 0 Å². The van der Waals surface area contributed by atoms with Crippen molar-refractivity contribution in [3.63, 3.8) is 0 Å². The summed E-state index contributed by atoms with van der Waals surface area (Å²) >= 11 is 0. The third-order valence-electron chi connectivity index (χ3n) is 3.57. The van der Waals surface area contributed by atoms with Crippen molar-refractivity contribution in [2.75, 3.05) is 0 Å². The molecule has 0 aliphatic rings. The molecule has 2 aromatic carbocycles. The lowest BCUT2D eigenvalue weighted by molar-refractivity contribution is 0.483. The van der Waals surface area contributed by atoms with Crippen LogP contribution in [0.5, 0.6) is 5.75 Å². The predicted molar refractivity (Wildman–Crippen MR) is 82.8 cm³/mol. The van der Waals surface area contributed by atoms with E-state index in [1.807, 2.05) is 42.5 Å². The first-order valence-corrected chi connectivity index (χ1v) is 6.96. The number of phenols is 1. The van der Waals surface area contributed by atoms with Crippen LogP contribution in [-0.4, -0.2) is 10.1 Å². The van der Waals surface area contributed by atoms with Gasteiger partial charge in [-0.1, -0.05) is 49.7 Å². The minimum Gasteiger partial charge on any atom is -0.507 e. The average Bonchev–Trinajstić information content (AvgIpc) is 2.49. The number of fused-ring (bicyclic) bond motifs is 1. The fourth-order valence-electron chi connectivity index (χ4n) is 2.60. The molecule has 0 bridgehead atoms. The van der Waals surface area contributed by atoms with Crippen LogP contribution in [0.25, 0.3) is 22.0 Å². The fourth-order valence-corrected chi connectivity index (χ4v) is 2.60. The number of aromatic nitrogens is 1. The van der Waals surface area contributed by atoms with Crippen molar-refractivity contribution < 1.29 is 5.11 Å². The maximum Gasteiger partial charge on any atom is 0.132 e. The smallest absolute Gasteiger partial charge is 0.132 e. The van der Waals surface area contributed by atoms with Crippen molar-refractivity contribution >= 4 is 10.8 Å². The Kier molecular flexibility index (Phi) is 3.38. The molecule has 0 saturated carbocycles. The van der Waals surface area contributed by atoms with Crippen molar-refractivity contribution in [1.29, 1.82) is 0 Å². The van der Waals surface area contributed by atoms with Gasteiger partial charge >= 0.3 is 0 Å². The number of pyridine rings is 1. The molecular formula is C18H17NO. The maximum atomic E-state index is 10.6. The molecular weight excluding hydrogens is 246 g/mol. The Hall–Kier alpha value is -2.35. The van der Waals surface area contributed by atoms with E-state index in [4.69, 9.17) is 0 Å². The van der Waals surface area contributed by atoms with Gasteiger partial charge in [0.05, 0.1) is 5.69 Å². The number of benzene rings is 2. The Labute approximate surface area is 118 Å². The Morgan fingerprint density at radius 3 is 2.70 bits per heavy atom. The van der Waals surface area contributed by atoms with Crippen LogP contribution in [0.15, 0.2) is 54.7 Å². The second kappa shape index (κ2) is 5.33. The number of aryl methyl sites for hydroxylation is 1. The first kappa shape index (κ1) is 12.7. The molecule has 0 spiro atoms. The summed E-state index contributed by atoms with van der Waals surface area (Å²) in [5.41, 5.74) is 2.88. The van der Waals surface area contributed by atoms with Crippen LogP contribution in [0.4, 0.5) is 0 Å². The Balaban J connectivity index is 2.22. The zero-order chi connectivity index (χ0) is 13.9. The average molecular weight is 263 g/mol. The van der Waals surface area contributed by atoms with Crippen LogP contribution in [-0.2, 0) is 6.42 Å². The summed E-state index contributed by atoms with van der Waals surface area (Å²) < 4.78 is 0. The van der Waals surface area contributed by atoms with E-state index in [0.717, 1.165) is 34.9 Å². The van der Waals surface area contributed by atoms with Crippen molar-refractivity contribution in [3.8, 4) is 17.0 Å². The maximum absolute atomic E-state index is 10.6. The lowest BCUT2D eigenvalue weighted by Gasteiger charge is -2.11. The topological polar surface area (TPSA) is 33.1 Å². The molecule has 0 atom stereocenters. The largest absolute Gasteiger partial charge is 0.507 e. The van der Waals surface area contributed by atoms with Gasteiger partial charge in [-0.2, -0.15) is 0 Å².